The molecule has 6 aromatic rings. The number of halogens is 2. The molecule has 0 atom stereocenters. The Hall–Kier alpha value is -7.43. The van der Waals surface area contributed by atoms with Gasteiger partial charge in [0, 0.05) is 59.3 Å². The van der Waals surface area contributed by atoms with Crippen LogP contribution in [0.4, 0.5) is 5.69 Å². The lowest BCUT2D eigenvalue weighted by Gasteiger charge is -2.37. The van der Waals surface area contributed by atoms with Gasteiger partial charge in [0.15, 0.2) is 40.1 Å². The van der Waals surface area contributed by atoms with Crippen molar-refractivity contribution in [1.82, 2.24) is 20.5 Å². The normalized spacial score (nSPS) is 15.9. The van der Waals surface area contributed by atoms with Crippen molar-refractivity contribution in [2.45, 2.75) is 103 Å². The standard InChI is InChI=1S/C59H63Cl2N5O11/c1-5-34-16-15-18-39(28-34)65(6-2)48(67)33-66-44-19-12-11-17-36(44)30-45(66)57(72)64-38-23-20-35(21-24-38)55(70)62-26-13-9-7-8-10-14-27-63-56(71)37-22-25-41-40(29-37)58(73)77-59(41)42-31-46(74-3)51(68)49(60)53(42)76-54-43(59)32-47(75-4)52(69)50(54)61/h11-12,15-19,22,25,28-32,35,38,68-69H,5-10,13-14,20-21,23-24,26-27,33H2,1-4H3,(H,62,70)(H,63,71)(H,64,72). The van der Waals surface area contributed by atoms with E-state index in [1.54, 1.807) is 17.0 Å². The van der Waals surface area contributed by atoms with Crippen molar-refractivity contribution in [3.8, 4) is 34.5 Å². The second kappa shape index (κ2) is 23.4. The number of ether oxygens (including phenoxy) is 4. The van der Waals surface area contributed by atoms with Gasteiger partial charge in [-0.3, -0.25) is 19.2 Å². The van der Waals surface area contributed by atoms with E-state index in [1.807, 2.05) is 66.1 Å². The van der Waals surface area contributed by atoms with E-state index in [2.05, 4.69) is 22.9 Å². The molecule has 5 N–H and O–H groups in total. The van der Waals surface area contributed by atoms with Crippen LogP contribution in [0.2, 0.25) is 10.0 Å². The van der Waals surface area contributed by atoms with Gasteiger partial charge in [-0.1, -0.05) is 92.2 Å². The molecule has 404 valence electrons. The van der Waals surface area contributed by atoms with Gasteiger partial charge in [0.1, 0.15) is 22.3 Å². The van der Waals surface area contributed by atoms with E-state index in [4.69, 9.17) is 42.1 Å². The maximum absolute atomic E-state index is 13.9. The van der Waals surface area contributed by atoms with Crippen LogP contribution in [0.3, 0.4) is 0 Å². The van der Waals surface area contributed by atoms with Gasteiger partial charge < -0.3 is 54.6 Å². The molecule has 0 saturated heterocycles. The SMILES string of the molecule is CCc1cccc(N(CC)C(=O)Cn2c(C(=O)NC3CCC(C(=O)NCCCCCCCCNC(=O)c4ccc5c(c4)C(=O)OC54c5cc(OC)c(O)c(Cl)c5Oc5c4cc(OC)c(O)c5Cl)CC3)cc3ccccc32)c1. The first-order valence-electron chi connectivity index (χ1n) is 26.3. The molecule has 3 aliphatic rings. The first-order valence-corrected chi connectivity index (χ1v) is 27.1. The topological polar surface area (TPSA) is 207 Å². The van der Waals surface area contributed by atoms with Crippen LogP contribution in [0.25, 0.3) is 10.9 Å². The van der Waals surface area contributed by atoms with Crippen molar-refractivity contribution in [1.29, 1.82) is 0 Å². The van der Waals surface area contributed by atoms with Crippen LogP contribution in [0.5, 0.6) is 34.5 Å². The molecular formula is C59H63Cl2N5O11. The molecule has 0 bridgehead atoms. The number of nitrogens with one attached hydrogen (secondary N) is 3. The van der Waals surface area contributed by atoms with E-state index < -0.39 is 23.1 Å². The number of rotatable bonds is 20. The summed E-state index contributed by atoms with van der Waals surface area (Å²) < 4.78 is 24.9. The molecule has 5 aromatic carbocycles. The van der Waals surface area contributed by atoms with Crippen LogP contribution in [-0.4, -0.2) is 84.3 Å². The van der Waals surface area contributed by atoms with E-state index >= 15 is 0 Å². The van der Waals surface area contributed by atoms with Gasteiger partial charge in [0.2, 0.25) is 11.8 Å². The Balaban J connectivity index is 0.703. The van der Waals surface area contributed by atoms with Gasteiger partial charge in [-0.15, -0.1) is 0 Å². The number of hydrogen-bond acceptors (Lipinski definition) is 11. The summed E-state index contributed by atoms with van der Waals surface area (Å²) in [7, 11) is 2.68. The second-order valence-corrected chi connectivity index (χ2v) is 20.5. The maximum Gasteiger partial charge on any atom is 0.340 e. The fourth-order valence-corrected chi connectivity index (χ4v) is 11.4. The fraction of sp³-hybridized carbons (Fsp3) is 0.373. The number of phenolic OH excluding ortho intramolecular Hbond substituents is 2. The number of aryl methyl sites for hydroxylation is 1. The first-order chi connectivity index (χ1) is 37.2. The molecule has 0 unspecified atom stereocenters. The molecule has 18 heteroatoms. The summed E-state index contributed by atoms with van der Waals surface area (Å²) in [5, 5.41) is 31.3. The predicted octanol–water partition coefficient (Wildman–Crippen LogP) is 10.7. The molecule has 0 radical (unpaired) electrons. The molecule has 16 nitrogen and oxygen atoms in total. The largest absolute Gasteiger partial charge is 0.503 e. The van der Waals surface area contributed by atoms with Crippen molar-refractivity contribution in [3.63, 3.8) is 0 Å². The number of nitrogens with zero attached hydrogens (tertiary/aromatic N) is 2. The molecule has 1 fully saturated rings. The second-order valence-electron chi connectivity index (χ2n) is 19.7. The number of carbonyl (C=O) groups excluding carboxylic acids is 5. The molecule has 1 aromatic heterocycles. The van der Waals surface area contributed by atoms with Gasteiger partial charge in [-0.2, -0.15) is 0 Å². The predicted molar refractivity (Wildman–Crippen MR) is 293 cm³/mol. The van der Waals surface area contributed by atoms with Crippen LogP contribution < -0.4 is 35.1 Å². The zero-order valence-electron chi connectivity index (χ0n) is 43.6. The monoisotopic (exact) mass is 1090 g/mol. The Bertz CT molecular complexity index is 3190. The van der Waals surface area contributed by atoms with Gasteiger partial charge in [-0.05, 0) is 106 Å². The molecule has 9 rings (SSSR count). The van der Waals surface area contributed by atoms with E-state index in [-0.39, 0.29) is 97.4 Å². The highest BCUT2D eigenvalue weighted by atomic mass is 35.5. The molecule has 4 amide bonds. The van der Waals surface area contributed by atoms with Gasteiger partial charge >= 0.3 is 5.97 Å². The molecular weight excluding hydrogens is 1030 g/mol. The van der Waals surface area contributed by atoms with Crippen LogP contribution in [0.1, 0.15) is 132 Å². The summed E-state index contributed by atoms with van der Waals surface area (Å²) in [6.07, 6.45) is 8.95. The lowest BCUT2D eigenvalue weighted by molar-refractivity contribution is -0.126. The average molecular weight is 1090 g/mol. The highest BCUT2D eigenvalue weighted by Gasteiger charge is 2.56. The molecule has 3 heterocycles. The molecule has 1 spiro atoms. The van der Waals surface area contributed by atoms with Crippen LogP contribution in [0.15, 0.2) is 84.9 Å². The van der Waals surface area contributed by atoms with Crippen molar-refractivity contribution in [3.05, 3.63) is 134 Å². The third-order valence-corrected chi connectivity index (χ3v) is 15.8. The number of anilines is 1. The van der Waals surface area contributed by atoms with Crippen molar-refractivity contribution in [2.24, 2.45) is 5.92 Å². The lowest BCUT2D eigenvalue weighted by Crippen LogP contribution is -2.42. The molecule has 2 aliphatic heterocycles. The Labute approximate surface area is 456 Å². The quantitative estimate of drug-likeness (QED) is 0.0359. The highest BCUT2D eigenvalue weighted by Crippen LogP contribution is 2.63. The lowest BCUT2D eigenvalue weighted by atomic mass is 9.77. The Morgan fingerprint density at radius 3 is 2.01 bits per heavy atom. The number of phenols is 2. The third-order valence-electron chi connectivity index (χ3n) is 15.1. The molecule has 1 aliphatic carbocycles. The number of carbonyl (C=O) groups is 5. The Kier molecular flexibility index (Phi) is 16.5. The number of amides is 4. The van der Waals surface area contributed by atoms with E-state index in [1.165, 1.54) is 32.4 Å². The number of unbranched alkanes of at least 4 members (excludes halogenated alkanes) is 5. The summed E-state index contributed by atoms with van der Waals surface area (Å²) in [5.74, 6) is -2.54. The number of hydrogen-bond donors (Lipinski definition) is 5. The zero-order chi connectivity index (χ0) is 54.5. The number of esters is 1. The summed E-state index contributed by atoms with van der Waals surface area (Å²) in [6, 6.07) is 25.0. The minimum atomic E-state index is -1.76. The number of aromatic nitrogens is 1. The fourth-order valence-electron chi connectivity index (χ4n) is 10.9. The Morgan fingerprint density at radius 2 is 1.38 bits per heavy atom. The van der Waals surface area contributed by atoms with Gasteiger partial charge in [0.25, 0.3) is 11.8 Å². The Morgan fingerprint density at radius 1 is 0.740 bits per heavy atom. The number of likely N-dealkylation sites (N-methyl/N-ethyl adjacent to an activating group) is 1. The number of aromatic hydroxyl groups is 2. The average Bonchev–Trinajstić information content (AvgIpc) is 4.02. The maximum atomic E-state index is 13.9. The van der Waals surface area contributed by atoms with Crippen molar-refractivity contribution in [2.75, 3.05) is 38.8 Å². The van der Waals surface area contributed by atoms with Crippen molar-refractivity contribution < 1.29 is 53.1 Å². The van der Waals surface area contributed by atoms with Crippen LogP contribution >= 0.6 is 23.2 Å². The van der Waals surface area contributed by atoms with Crippen molar-refractivity contribution >= 4 is 69.4 Å². The van der Waals surface area contributed by atoms with E-state index in [9.17, 15) is 34.2 Å². The van der Waals surface area contributed by atoms with Gasteiger partial charge in [-0.25, -0.2) is 4.79 Å². The molecule has 77 heavy (non-hydrogen) atoms. The molecule has 1 saturated carbocycles. The smallest absolute Gasteiger partial charge is 0.340 e. The zero-order valence-corrected chi connectivity index (χ0v) is 45.1. The number of benzene rings is 5. The van der Waals surface area contributed by atoms with Crippen LogP contribution in [0, 0.1) is 5.92 Å². The van der Waals surface area contributed by atoms with E-state index in [0.29, 0.717) is 56.6 Å². The summed E-state index contributed by atoms with van der Waals surface area (Å²) in [4.78, 5) is 69.8. The number of fused-ring (bicyclic) bond motifs is 7. The van der Waals surface area contributed by atoms with E-state index in [0.717, 1.165) is 67.1 Å². The third kappa shape index (κ3) is 10.7. The minimum absolute atomic E-state index is 0.0170. The summed E-state index contributed by atoms with van der Waals surface area (Å²) >= 11 is 13.2. The minimum Gasteiger partial charge on any atom is -0.503 e. The van der Waals surface area contributed by atoms with Gasteiger partial charge in [0.05, 0.1) is 30.9 Å². The van der Waals surface area contributed by atoms with Crippen LogP contribution in [-0.2, 0) is 32.9 Å². The summed E-state index contributed by atoms with van der Waals surface area (Å²) in [6.45, 7) is 5.57. The highest BCUT2D eigenvalue weighted by molar-refractivity contribution is 6.35. The number of para-hydroxylation sites is 1. The number of methoxy groups -OCH3 is 2. The summed E-state index contributed by atoms with van der Waals surface area (Å²) in [5.41, 5.74) is 2.58. The first kappa shape index (κ1) is 54.4.